The van der Waals surface area contributed by atoms with E-state index in [1.807, 2.05) is 36.7 Å². The Morgan fingerprint density at radius 3 is 2.48 bits per heavy atom. The third-order valence-corrected chi connectivity index (χ3v) is 3.06. The lowest BCUT2D eigenvalue weighted by Gasteiger charge is -2.02. The summed E-state index contributed by atoms with van der Waals surface area (Å²) in [4.78, 5) is 15.3. The number of hydroxylamine groups is 1. The van der Waals surface area contributed by atoms with Crippen molar-refractivity contribution in [2.45, 2.75) is 6.92 Å². The van der Waals surface area contributed by atoms with E-state index in [-0.39, 0.29) is 5.76 Å². The molecule has 0 bridgehead atoms. The van der Waals surface area contributed by atoms with Crippen molar-refractivity contribution in [3.8, 4) is 11.3 Å². The molecule has 0 aliphatic rings. The summed E-state index contributed by atoms with van der Waals surface area (Å²) in [5.41, 5.74) is 9.10. The van der Waals surface area contributed by atoms with Gasteiger partial charge in [-0.1, -0.05) is 29.8 Å². The van der Waals surface area contributed by atoms with Crippen LogP contribution in [0.1, 0.15) is 16.1 Å². The molecule has 0 aliphatic heterocycles. The molecule has 1 heterocycles. The number of benzene rings is 1. The number of amides is 1. The van der Waals surface area contributed by atoms with Gasteiger partial charge in [-0.3, -0.25) is 4.79 Å². The minimum absolute atomic E-state index is 0.0373. The Balaban J connectivity index is 2.10. The van der Waals surface area contributed by atoms with Crippen molar-refractivity contribution >= 4 is 22.0 Å². The first-order valence-corrected chi connectivity index (χ1v) is 8.26. The monoisotopic (exact) mass is 337 g/mol. The molecule has 0 spiro atoms. The highest BCUT2D eigenvalue weighted by atomic mass is 32.2. The summed E-state index contributed by atoms with van der Waals surface area (Å²) in [6, 6.07) is 10.6. The fourth-order valence-corrected chi connectivity index (χ4v) is 1.87. The van der Waals surface area contributed by atoms with Gasteiger partial charge in [-0.15, -0.1) is 4.28 Å². The fourth-order valence-electron chi connectivity index (χ4n) is 1.63. The van der Waals surface area contributed by atoms with E-state index in [0.29, 0.717) is 5.76 Å². The van der Waals surface area contributed by atoms with Crippen molar-refractivity contribution < 1.29 is 21.9 Å². The molecule has 2 rings (SSSR count). The standard InChI is InChI=1S/C14H15N3O5S/c1-9-3-5-10(6-4-9)11-7-8-12(21-11)13(18)16-14(15)17-22-23(2,19)20/h3-8H,1-2H3,(H3,15,16,17,18). The van der Waals surface area contributed by atoms with Gasteiger partial charge in [0, 0.05) is 5.56 Å². The van der Waals surface area contributed by atoms with Gasteiger partial charge in [0.1, 0.15) is 5.76 Å². The third kappa shape index (κ3) is 4.94. The molecule has 0 fully saturated rings. The second-order valence-corrected chi connectivity index (χ2v) is 6.30. The van der Waals surface area contributed by atoms with Gasteiger partial charge < -0.3 is 10.2 Å². The van der Waals surface area contributed by atoms with Crippen molar-refractivity contribution in [2.24, 2.45) is 10.7 Å². The molecule has 0 saturated heterocycles. The van der Waals surface area contributed by atoms with Crippen LogP contribution >= 0.6 is 0 Å². The SMILES string of the molecule is Cc1ccc(-c2ccc(C(=O)N=C(N)NOS(C)(=O)=O)o2)cc1. The molecular formula is C14H15N3O5S. The number of nitrogens with two attached hydrogens (primary N) is 1. The molecule has 1 amide bonds. The average Bonchev–Trinajstić information content (AvgIpc) is 2.95. The number of carbonyl (C=O) groups excluding carboxylic acids is 1. The van der Waals surface area contributed by atoms with Crippen LogP contribution in [0.25, 0.3) is 11.3 Å². The van der Waals surface area contributed by atoms with Crippen LogP contribution in [0.2, 0.25) is 0 Å². The second kappa shape index (κ2) is 6.63. The van der Waals surface area contributed by atoms with Crippen molar-refractivity contribution in [1.29, 1.82) is 0 Å². The minimum Gasteiger partial charge on any atom is -0.451 e. The summed E-state index contributed by atoms with van der Waals surface area (Å²) in [5, 5.41) is 0. The van der Waals surface area contributed by atoms with Gasteiger partial charge in [0.2, 0.25) is 5.96 Å². The molecule has 122 valence electrons. The van der Waals surface area contributed by atoms with Gasteiger partial charge in [-0.2, -0.15) is 13.4 Å². The number of aliphatic imine (C=N–C) groups is 1. The topological polar surface area (TPSA) is 124 Å². The van der Waals surface area contributed by atoms with Gasteiger partial charge >= 0.3 is 5.91 Å². The quantitative estimate of drug-likeness (QED) is 0.488. The fraction of sp³-hybridized carbons (Fsp3) is 0.143. The summed E-state index contributed by atoms with van der Waals surface area (Å²) >= 11 is 0. The predicted octanol–water partition coefficient (Wildman–Crippen LogP) is 1.19. The van der Waals surface area contributed by atoms with Gasteiger partial charge in [0.15, 0.2) is 5.76 Å². The van der Waals surface area contributed by atoms with Gasteiger partial charge in [-0.05, 0) is 19.1 Å². The zero-order valence-corrected chi connectivity index (χ0v) is 13.3. The summed E-state index contributed by atoms with van der Waals surface area (Å²) in [7, 11) is -3.76. The number of nitrogens with one attached hydrogen (secondary N) is 1. The number of hydrogen-bond acceptors (Lipinski definition) is 5. The number of nitrogens with zero attached hydrogens (tertiary/aromatic N) is 1. The lowest BCUT2D eigenvalue weighted by atomic mass is 10.1. The van der Waals surface area contributed by atoms with Gasteiger partial charge in [-0.25, -0.2) is 5.48 Å². The molecule has 0 radical (unpaired) electrons. The smallest absolute Gasteiger partial charge is 0.315 e. The first-order chi connectivity index (χ1) is 10.7. The van der Waals surface area contributed by atoms with Gasteiger partial charge in [0.25, 0.3) is 10.1 Å². The number of rotatable bonds is 4. The molecule has 1 aromatic heterocycles. The van der Waals surface area contributed by atoms with E-state index in [4.69, 9.17) is 10.2 Å². The maximum atomic E-state index is 11.9. The first kappa shape index (κ1) is 16.7. The summed E-state index contributed by atoms with van der Waals surface area (Å²) in [6.07, 6.45) is 0.815. The molecule has 9 heteroatoms. The van der Waals surface area contributed by atoms with E-state index in [2.05, 4.69) is 9.28 Å². The summed E-state index contributed by atoms with van der Waals surface area (Å²) in [5.74, 6) is -0.814. The lowest BCUT2D eigenvalue weighted by molar-refractivity contribution is 0.0975. The van der Waals surface area contributed by atoms with Crippen LogP contribution in [-0.2, 0) is 14.4 Å². The third-order valence-electron chi connectivity index (χ3n) is 2.67. The molecule has 0 unspecified atom stereocenters. The molecule has 0 atom stereocenters. The highest BCUT2D eigenvalue weighted by Gasteiger charge is 2.13. The highest BCUT2D eigenvalue weighted by molar-refractivity contribution is 7.85. The Bertz CT molecular complexity index is 838. The molecule has 0 saturated carbocycles. The number of furan rings is 1. The number of hydrogen-bond donors (Lipinski definition) is 2. The van der Waals surface area contributed by atoms with Crippen LogP contribution in [0.5, 0.6) is 0 Å². The Kier molecular flexibility index (Phi) is 4.82. The van der Waals surface area contributed by atoms with Crippen LogP contribution in [0, 0.1) is 6.92 Å². The van der Waals surface area contributed by atoms with Crippen LogP contribution < -0.4 is 11.2 Å². The van der Waals surface area contributed by atoms with E-state index in [1.165, 1.54) is 6.07 Å². The molecule has 1 aromatic carbocycles. The van der Waals surface area contributed by atoms with Crippen LogP contribution in [0.4, 0.5) is 0 Å². The van der Waals surface area contributed by atoms with Crippen molar-refractivity contribution in [2.75, 3.05) is 6.26 Å². The zero-order valence-electron chi connectivity index (χ0n) is 12.4. The van der Waals surface area contributed by atoms with Crippen molar-refractivity contribution in [3.63, 3.8) is 0 Å². The molecule has 8 nitrogen and oxygen atoms in total. The first-order valence-electron chi connectivity index (χ1n) is 6.44. The molecule has 23 heavy (non-hydrogen) atoms. The van der Waals surface area contributed by atoms with Crippen molar-refractivity contribution in [1.82, 2.24) is 5.48 Å². The van der Waals surface area contributed by atoms with E-state index in [1.54, 1.807) is 6.07 Å². The summed E-state index contributed by atoms with van der Waals surface area (Å²) in [6.45, 7) is 1.96. The normalized spacial score (nSPS) is 12.2. The van der Waals surface area contributed by atoms with Crippen LogP contribution in [0.15, 0.2) is 45.8 Å². The van der Waals surface area contributed by atoms with E-state index >= 15 is 0 Å². The van der Waals surface area contributed by atoms with E-state index in [9.17, 15) is 13.2 Å². The Hall–Kier alpha value is -2.65. The number of aryl methyl sites for hydroxylation is 1. The maximum absolute atomic E-state index is 11.9. The minimum atomic E-state index is -3.76. The van der Waals surface area contributed by atoms with E-state index in [0.717, 1.165) is 17.4 Å². The zero-order chi connectivity index (χ0) is 17.0. The summed E-state index contributed by atoms with van der Waals surface area (Å²) < 4.78 is 31.2. The molecule has 0 aliphatic carbocycles. The number of guanidine groups is 1. The Morgan fingerprint density at radius 1 is 1.22 bits per heavy atom. The molecular weight excluding hydrogens is 322 g/mol. The second-order valence-electron chi connectivity index (χ2n) is 4.72. The van der Waals surface area contributed by atoms with Crippen LogP contribution in [-0.4, -0.2) is 26.5 Å². The lowest BCUT2D eigenvalue weighted by Crippen LogP contribution is -2.34. The number of carbonyl (C=O) groups is 1. The molecule has 3 N–H and O–H groups in total. The molecule has 2 aromatic rings. The van der Waals surface area contributed by atoms with Gasteiger partial charge in [0.05, 0.1) is 6.26 Å². The van der Waals surface area contributed by atoms with Crippen molar-refractivity contribution in [3.05, 3.63) is 47.7 Å². The highest BCUT2D eigenvalue weighted by Crippen LogP contribution is 2.22. The Morgan fingerprint density at radius 2 is 1.87 bits per heavy atom. The predicted molar refractivity (Wildman–Crippen MR) is 83.9 cm³/mol. The average molecular weight is 337 g/mol. The Labute approximate surface area is 133 Å². The largest absolute Gasteiger partial charge is 0.451 e. The maximum Gasteiger partial charge on any atom is 0.315 e. The van der Waals surface area contributed by atoms with Crippen LogP contribution in [0.3, 0.4) is 0 Å². The van der Waals surface area contributed by atoms with E-state index < -0.39 is 22.0 Å².